The highest BCUT2D eigenvalue weighted by molar-refractivity contribution is 7.99. The lowest BCUT2D eigenvalue weighted by Crippen LogP contribution is -2.44. The van der Waals surface area contributed by atoms with E-state index in [-0.39, 0.29) is 5.82 Å². The number of fused-ring (bicyclic) bond motifs is 3. The molecule has 1 fully saturated rings. The van der Waals surface area contributed by atoms with E-state index in [2.05, 4.69) is 22.3 Å². The van der Waals surface area contributed by atoms with E-state index in [4.69, 9.17) is 4.74 Å². The highest BCUT2D eigenvalue weighted by Crippen LogP contribution is 2.51. The third-order valence-corrected chi connectivity index (χ3v) is 7.34. The lowest BCUT2D eigenvalue weighted by Gasteiger charge is -2.33. The average Bonchev–Trinajstić information content (AvgIpc) is 2.83. The van der Waals surface area contributed by atoms with Gasteiger partial charge in [0.1, 0.15) is 11.6 Å². The Labute approximate surface area is 164 Å². The normalized spacial score (nSPS) is 23.6. The van der Waals surface area contributed by atoms with Crippen LogP contribution in [0.2, 0.25) is 0 Å². The van der Waals surface area contributed by atoms with Crippen molar-refractivity contribution in [2.45, 2.75) is 36.6 Å². The van der Waals surface area contributed by atoms with Crippen LogP contribution < -0.4 is 15.0 Å². The molecule has 0 amide bonds. The maximum atomic E-state index is 15.0. The predicted molar refractivity (Wildman–Crippen MR) is 110 cm³/mol. The predicted octanol–water partition coefficient (Wildman–Crippen LogP) is 4.57. The number of aryl methyl sites for hydroxylation is 1. The second kappa shape index (κ2) is 6.71. The van der Waals surface area contributed by atoms with Crippen LogP contribution in [0, 0.1) is 12.7 Å². The Morgan fingerprint density at radius 2 is 2.15 bits per heavy atom. The molecule has 5 rings (SSSR count). The molecule has 3 nitrogen and oxygen atoms in total. The second-order valence-electron chi connectivity index (χ2n) is 7.78. The molecule has 0 saturated carbocycles. The average molecular weight is 385 g/mol. The molecule has 0 spiro atoms. The van der Waals surface area contributed by atoms with Crippen molar-refractivity contribution in [2.75, 3.05) is 37.4 Å². The van der Waals surface area contributed by atoms with E-state index in [1.54, 1.807) is 7.11 Å². The smallest absolute Gasteiger partial charge is 0.134 e. The van der Waals surface area contributed by atoms with Crippen LogP contribution in [0.3, 0.4) is 0 Å². The quantitative estimate of drug-likeness (QED) is 0.820. The molecule has 1 saturated heterocycles. The molecule has 3 aliphatic heterocycles. The van der Waals surface area contributed by atoms with E-state index in [0.717, 1.165) is 36.5 Å². The molecule has 3 heterocycles. The van der Waals surface area contributed by atoms with Crippen LogP contribution in [0.4, 0.5) is 10.1 Å². The topological polar surface area (TPSA) is 24.5 Å². The van der Waals surface area contributed by atoms with Crippen LogP contribution in [0.1, 0.15) is 29.9 Å². The van der Waals surface area contributed by atoms with Crippen molar-refractivity contribution in [1.82, 2.24) is 5.32 Å². The summed E-state index contributed by atoms with van der Waals surface area (Å²) >= 11 is 1.93. The highest BCUT2D eigenvalue weighted by Gasteiger charge is 2.42. The Hall–Kier alpha value is -1.72. The summed E-state index contributed by atoms with van der Waals surface area (Å²) in [7, 11) is 1.58. The Morgan fingerprint density at radius 1 is 1.26 bits per heavy atom. The van der Waals surface area contributed by atoms with E-state index in [1.165, 1.54) is 35.1 Å². The van der Waals surface area contributed by atoms with Crippen molar-refractivity contribution in [3.8, 4) is 16.9 Å². The second-order valence-corrected chi connectivity index (χ2v) is 8.91. The van der Waals surface area contributed by atoms with E-state index in [0.29, 0.717) is 23.3 Å². The van der Waals surface area contributed by atoms with Gasteiger partial charge in [0, 0.05) is 41.6 Å². The molecule has 0 bridgehead atoms. The molecular weight excluding hydrogens is 359 g/mol. The van der Waals surface area contributed by atoms with E-state index < -0.39 is 0 Å². The number of nitrogens with zero attached hydrogens (tertiary/aromatic N) is 1. The SMILES string of the molecule is COc1cc(C)c(-c2cc3c4c(c2)[C@H]2CNCC[C@H]2N4CCCS3)c(F)c1. The van der Waals surface area contributed by atoms with Gasteiger partial charge in [0.2, 0.25) is 0 Å². The van der Waals surface area contributed by atoms with Crippen molar-refractivity contribution >= 4 is 17.4 Å². The summed E-state index contributed by atoms with van der Waals surface area (Å²) in [6.45, 7) is 5.22. The maximum absolute atomic E-state index is 15.0. The number of rotatable bonds is 2. The number of halogens is 1. The number of ether oxygens (including phenoxy) is 1. The van der Waals surface area contributed by atoms with Gasteiger partial charge in [-0.25, -0.2) is 4.39 Å². The molecule has 0 aromatic heterocycles. The number of hydrogen-bond donors (Lipinski definition) is 1. The number of thioether (sulfide) groups is 1. The zero-order valence-corrected chi connectivity index (χ0v) is 16.7. The number of methoxy groups -OCH3 is 1. The van der Waals surface area contributed by atoms with Gasteiger partial charge in [-0.1, -0.05) is 0 Å². The molecular formula is C22H25FN2OS. The summed E-state index contributed by atoms with van der Waals surface area (Å²) in [6, 6.07) is 8.49. The van der Waals surface area contributed by atoms with Gasteiger partial charge in [-0.15, -0.1) is 11.8 Å². The summed E-state index contributed by atoms with van der Waals surface area (Å²) in [6.07, 6.45) is 2.40. The summed E-state index contributed by atoms with van der Waals surface area (Å²) in [5.74, 6) is 2.01. The minimum atomic E-state index is -0.203. The first-order valence-electron chi connectivity index (χ1n) is 9.80. The van der Waals surface area contributed by atoms with E-state index in [1.807, 2.05) is 24.8 Å². The highest BCUT2D eigenvalue weighted by atomic mass is 32.2. The van der Waals surface area contributed by atoms with Gasteiger partial charge >= 0.3 is 0 Å². The molecule has 2 aromatic rings. The largest absolute Gasteiger partial charge is 0.497 e. The van der Waals surface area contributed by atoms with Crippen LogP contribution >= 0.6 is 11.8 Å². The van der Waals surface area contributed by atoms with Crippen LogP contribution in [0.5, 0.6) is 5.75 Å². The first kappa shape index (κ1) is 17.4. The lowest BCUT2D eigenvalue weighted by molar-refractivity contribution is 0.403. The number of anilines is 1. The minimum Gasteiger partial charge on any atom is -0.497 e. The number of nitrogens with one attached hydrogen (secondary N) is 1. The summed E-state index contributed by atoms with van der Waals surface area (Å²) in [5, 5.41) is 3.57. The summed E-state index contributed by atoms with van der Waals surface area (Å²) in [4.78, 5) is 3.97. The molecule has 2 aromatic carbocycles. The summed E-state index contributed by atoms with van der Waals surface area (Å²) in [5.41, 5.74) is 5.46. The fraction of sp³-hybridized carbons (Fsp3) is 0.455. The number of piperidine rings is 1. The molecule has 0 radical (unpaired) electrons. The number of benzene rings is 2. The first-order valence-corrected chi connectivity index (χ1v) is 10.8. The molecule has 0 aliphatic carbocycles. The van der Waals surface area contributed by atoms with Crippen LogP contribution in [0.15, 0.2) is 29.2 Å². The molecule has 2 atom stereocenters. The third kappa shape index (κ3) is 2.74. The molecule has 5 heteroatoms. The summed E-state index contributed by atoms with van der Waals surface area (Å²) < 4.78 is 20.2. The molecule has 1 N–H and O–H groups in total. The molecule has 27 heavy (non-hydrogen) atoms. The maximum Gasteiger partial charge on any atom is 0.134 e. The van der Waals surface area contributed by atoms with Gasteiger partial charge in [-0.05, 0) is 67.0 Å². The van der Waals surface area contributed by atoms with E-state index in [9.17, 15) is 4.39 Å². The fourth-order valence-electron chi connectivity index (χ4n) is 5.07. The van der Waals surface area contributed by atoms with E-state index >= 15 is 0 Å². The van der Waals surface area contributed by atoms with Gasteiger partial charge < -0.3 is 15.0 Å². The van der Waals surface area contributed by atoms with Gasteiger partial charge in [-0.3, -0.25) is 0 Å². The Morgan fingerprint density at radius 3 is 2.96 bits per heavy atom. The molecule has 0 unspecified atom stereocenters. The van der Waals surface area contributed by atoms with Gasteiger partial charge in [0.25, 0.3) is 0 Å². The van der Waals surface area contributed by atoms with Crippen molar-refractivity contribution < 1.29 is 9.13 Å². The minimum absolute atomic E-state index is 0.203. The van der Waals surface area contributed by atoms with Crippen LogP contribution in [-0.4, -0.2) is 38.5 Å². The Kier molecular flexibility index (Phi) is 4.32. The van der Waals surface area contributed by atoms with Gasteiger partial charge in [0.05, 0.1) is 12.8 Å². The fourth-order valence-corrected chi connectivity index (χ4v) is 6.14. The van der Waals surface area contributed by atoms with Crippen LogP contribution in [0.25, 0.3) is 11.1 Å². The molecule has 3 aliphatic rings. The third-order valence-electron chi connectivity index (χ3n) is 6.22. The standard InChI is InChI=1S/C22H25FN2OS/c1-13-8-15(26-2)11-18(23)21(13)14-9-16-17-12-24-5-4-19(17)25-6-3-7-27-20(10-14)22(16)25/h8-11,17,19,24H,3-7,12H2,1-2H3/t17-,19-/m1/s1. The monoisotopic (exact) mass is 384 g/mol. The van der Waals surface area contributed by atoms with Crippen LogP contribution in [-0.2, 0) is 0 Å². The zero-order chi connectivity index (χ0) is 18.5. The van der Waals surface area contributed by atoms with Crippen molar-refractivity contribution in [3.63, 3.8) is 0 Å². The van der Waals surface area contributed by atoms with Crippen molar-refractivity contribution in [1.29, 1.82) is 0 Å². The lowest BCUT2D eigenvalue weighted by atomic mass is 9.88. The number of hydrogen-bond acceptors (Lipinski definition) is 4. The molecule has 142 valence electrons. The first-order chi connectivity index (χ1) is 13.2. The zero-order valence-electron chi connectivity index (χ0n) is 15.8. The van der Waals surface area contributed by atoms with Crippen molar-refractivity contribution in [2.24, 2.45) is 0 Å². The Bertz CT molecular complexity index is 877. The van der Waals surface area contributed by atoms with Crippen molar-refractivity contribution in [3.05, 3.63) is 41.2 Å². The Balaban J connectivity index is 1.69. The van der Waals surface area contributed by atoms with Gasteiger partial charge in [0.15, 0.2) is 0 Å². The van der Waals surface area contributed by atoms with Gasteiger partial charge in [-0.2, -0.15) is 0 Å².